The molecule has 0 saturated heterocycles. The molecule has 98 valence electrons. The molecule has 1 N–H and O–H groups in total. The molecule has 0 fully saturated rings. The third-order valence-electron chi connectivity index (χ3n) is 2.74. The largest absolute Gasteiger partial charge is 0.441 e. The van der Waals surface area contributed by atoms with Crippen LogP contribution in [0.15, 0.2) is 28.7 Å². The highest BCUT2D eigenvalue weighted by Gasteiger charge is 2.05. The molecule has 0 radical (unpaired) electrons. The number of benzene rings is 1. The third kappa shape index (κ3) is 3.75. The number of nitrogens with one attached hydrogen (secondary N) is 1. The van der Waals surface area contributed by atoms with E-state index in [0.717, 1.165) is 35.7 Å². The van der Waals surface area contributed by atoms with Gasteiger partial charge in [0, 0.05) is 24.8 Å². The molecule has 0 aliphatic rings. The van der Waals surface area contributed by atoms with Crippen molar-refractivity contribution in [1.82, 2.24) is 10.3 Å². The van der Waals surface area contributed by atoms with E-state index < -0.39 is 0 Å². The van der Waals surface area contributed by atoms with Gasteiger partial charge in [-0.05, 0) is 24.8 Å². The zero-order valence-electron chi connectivity index (χ0n) is 11.0. The molecule has 1 aromatic carbocycles. The Labute approximate surface area is 112 Å². The number of aromatic nitrogens is 1. The van der Waals surface area contributed by atoms with E-state index in [1.54, 1.807) is 0 Å². The number of nitrogens with zero attached hydrogens (tertiary/aromatic N) is 1. The predicted octanol–water partition coefficient (Wildman–Crippen LogP) is 3.10. The molecule has 18 heavy (non-hydrogen) atoms. The van der Waals surface area contributed by atoms with Crippen LogP contribution in [0.1, 0.15) is 19.7 Å². The molecule has 1 aromatic heterocycles. The smallest absolute Gasteiger partial charge is 0.196 e. The Kier molecular flexibility index (Phi) is 5.08. The number of thioether (sulfide) groups is 1. The van der Waals surface area contributed by atoms with Crippen LogP contribution in [0.5, 0.6) is 0 Å². The van der Waals surface area contributed by atoms with Crippen molar-refractivity contribution in [3.63, 3.8) is 0 Å². The first-order valence-electron chi connectivity index (χ1n) is 6.45. The molecule has 0 unspecified atom stereocenters. The van der Waals surface area contributed by atoms with Crippen LogP contribution in [0.2, 0.25) is 0 Å². The molecule has 0 amide bonds. The topological polar surface area (TPSA) is 38.1 Å². The van der Waals surface area contributed by atoms with Crippen molar-refractivity contribution in [3.05, 3.63) is 30.2 Å². The Balaban J connectivity index is 1.79. The zero-order chi connectivity index (χ0) is 12.8. The second-order valence-corrected chi connectivity index (χ2v) is 5.66. The average Bonchev–Trinajstić information content (AvgIpc) is 2.79. The first-order chi connectivity index (χ1) is 8.79. The van der Waals surface area contributed by atoms with Gasteiger partial charge in [-0.15, -0.1) is 0 Å². The lowest BCUT2D eigenvalue weighted by molar-refractivity contribution is 0.502. The summed E-state index contributed by atoms with van der Waals surface area (Å²) in [6.07, 6.45) is 0.843. The summed E-state index contributed by atoms with van der Waals surface area (Å²) in [4.78, 5) is 4.46. The summed E-state index contributed by atoms with van der Waals surface area (Å²) in [5, 5.41) is 3.49. The van der Waals surface area contributed by atoms with Crippen LogP contribution < -0.4 is 5.32 Å². The van der Waals surface area contributed by atoms with Crippen LogP contribution in [0.4, 0.5) is 0 Å². The molecule has 0 aliphatic heterocycles. The minimum Gasteiger partial charge on any atom is -0.441 e. The summed E-state index contributed by atoms with van der Waals surface area (Å²) in [6.45, 7) is 5.32. The van der Waals surface area contributed by atoms with Crippen LogP contribution in [0, 0.1) is 0 Å². The number of oxazole rings is 1. The van der Waals surface area contributed by atoms with Crippen molar-refractivity contribution < 1.29 is 4.42 Å². The van der Waals surface area contributed by atoms with Crippen LogP contribution in [-0.2, 0) is 6.42 Å². The molecule has 4 heteroatoms. The summed E-state index contributed by atoms with van der Waals surface area (Å²) in [7, 11) is 0. The number of fused-ring (bicyclic) bond motifs is 1. The van der Waals surface area contributed by atoms with Crippen LogP contribution >= 0.6 is 11.8 Å². The van der Waals surface area contributed by atoms with E-state index >= 15 is 0 Å². The molecule has 0 saturated carbocycles. The first-order valence-corrected chi connectivity index (χ1v) is 7.60. The standard InChI is InChI=1S/C14H20N2OS/c1-3-18-10-11(2)15-9-8-14-16-12-6-4-5-7-13(12)17-14/h4-7,11,15H,3,8-10H2,1-2H3/t11-/m1/s1. The van der Waals surface area contributed by atoms with Gasteiger partial charge in [0.25, 0.3) is 0 Å². The fourth-order valence-corrected chi connectivity index (χ4v) is 2.51. The molecule has 0 spiro atoms. The van der Waals surface area contributed by atoms with Gasteiger partial charge < -0.3 is 9.73 Å². The van der Waals surface area contributed by atoms with Gasteiger partial charge in [-0.1, -0.05) is 19.1 Å². The highest BCUT2D eigenvalue weighted by molar-refractivity contribution is 7.99. The maximum Gasteiger partial charge on any atom is 0.196 e. The fraction of sp³-hybridized carbons (Fsp3) is 0.500. The summed E-state index contributed by atoms with van der Waals surface area (Å²) in [6, 6.07) is 8.44. The highest BCUT2D eigenvalue weighted by Crippen LogP contribution is 2.14. The lowest BCUT2D eigenvalue weighted by atomic mass is 10.3. The van der Waals surface area contributed by atoms with Gasteiger partial charge in [-0.25, -0.2) is 4.98 Å². The molecular formula is C14H20N2OS. The zero-order valence-corrected chi connectivity index (χ0v) is 11.8. The van der Waals surface area contributed by atoms with Crippen molar-refractivity contribution in [2.75, 3.05) is 18.1 Å². The molecule has 3 nitrogen and oxygen atoms in total. The predicted molar refractivity (Wildman–Crippen MR) is 78.2 cm³/mol. The van der Waals surface area contributed by atoms with Crippen molar-refractivity contribution in [2.24, 2.45) is 0 Å². The van der Waals surface area contributed by atoms with Crippen molar-refractivity contribution in [1.29, 1.82) is 0 Å². The summed E-state index contributed by atoms with van der Waals surface area (Å²) in [5.74, 6) is 3.15. The van der Waals surface area contributed by atoms with E-state index in [2.05, 4.69) is 24.1 Å². The van der Waals surface area contributed by atoms with E-state index in [4.69, 9.17) is 4.42 Å². The van der Waals surface area contributed by atoms with Crippen LogP contribution in [-0.4, -0.2) is 29.1 Å². The molecule has 2 rings (SSSR count). The molecule has 1 heterocycles. The maximum atomic E-state index is 5.67. The van der Waals surface area contributed by atoms with Gasteiger partial charge in [0.2, 0.25) is 0 Å². The Hall–Kier alpha value is -1.00. The quantitative estimate of drug-likeness (QED) is 0.834. The molecular weight excluding hydrogens is 244 g/mol. The summed E-state index contributed by atoms with van der Waals surface area (Å²) in [5.41, 5.74) is 1.82. The van der Waals surface area contributed by atoms with Gasteiger partial charge in [-0.3, -0.25) is 0 Å². The lowest BCUT2D eigenvalue weighted by Crippen LogP contribution is -2.30. The molecule has 0 bridgehead atoms. The monoisotopic (exact) mass is 264 g/mol. The lowest BCUT2D eigenvalue weighted by Gasteiger charge is -2.11. The average molecular weight is 264 g/mol. The van der Waals surface area contributed by atoms with Gasteiger partial charge in [-0.2, -0.15) is 11.8 Å². The van der Waals surface area contributed by atoms with Gasteiger partial charge in [0.05, 0.1) is 0 Å². The summed E-state index contributed by atoms with van der Waals surface area (Å²) >= 11 is 1.96. The molecule has 2 aromatic rings. The van der Waals surface area contributed by atoms with Crippen LogP contribution in [0.3, 0.4) is 0 Å². The van der Waals surface area contributed by atoms with Crippen molar-refractivity contribution in [3.8, 4) is 0 Å². The third-order valence-corrected chi connectivity index (χ3v) is 3.89. The Morgan fingerprint density at radius 3 is 3.00 bits per heavy atom. The fourth-order valence-electron chi connectivity index (χ4n) is 1.81. The normalized spacial score (nSPS) is 13.0. The Morgan fingerprint density at radius 2 is 2.22 bits per heavy atom. The van der Waals surface area contributed by atoms with E-state index in [0.29, 0.717) is 6.04 Å². The number of hydrogen-bond acceptors (Lipinski definition) is 4. The van der Waals surface area contributed by atoms with Crippen LogP contribution in [0.25, 0.3) is 11.1 Å². The maximum absolute atomic E-state index is 5.67. The Bertz CT molecular complexity index is 450. The Morgan fingerprint density at radius 1 is 1.39 bits per heavy atom. The van der Waals surface area contributed by atoms with Gasteiger partial charge in [0.1, 0.15) is 5.52 Å². The number of rotatable bonds is 7. The van der Waals surface area contributed by atoms with E-state index in [-0.39, 0.29) is 0 Å². The minimum absolute atomic E-state index is 0.541. The van der Waals surface area contributed by atoms with E-state index in [1.165, 1.54) is 5.75 Å². The van der Waals surface area contributed by atoms with E-state index in [1.807, 2.05) is 36.0 Å². The molecule has 1 atom stereocenters. The second-order valence-electron chi connectivity index (χ2n) is 4.34. The number of hydrogen-bond donors (Lipinski definition) is 1. The van der Waals surface area contributed by atoms with Crippen molar-refractivity contribution >= 4 is 22.9 Å². The summed E-state index contributed by atoms with van der Waals surface area (Å²) < 4.78 is 5.67. The SMILES string of the molecule is CCSC[C@@H](C)NCCc1nc2ccccc2o1. The molecule has 0 aliphatic carbocycles. The second kappa shape index (κ2) is 6.81. The van der Waals surface area contributed by atoms with Gasteiger partial charge >= 0.3 is 0 Å². The number of para-hydroxylation sites is 2. The minimum atomic E-state index is 0.541. The van der Waals surface area contributed by atoms with E-state index in [9.17, 15) is 0 Å². The van der Waals surface area contributed by atoms with Gasteiger partial charge in [0.15, 0.2) is 11.5 Å². The van der Waals surface area contributed by atoms with Crippen molar-refractivity contribution in [2.45, 2.75) is 26.3 Å². The highest BCUT2D eigenvalue weighted by atomic mass is 32.2. The first kappa shape index (κ1) is 13.4.